The molecule has 0 bridgehead atoms. The van der Waals surface area contributed by atoms with Crippen molar-refractivity contribution < 1.29 is 0 Å². The van der Waals surface area contributed by atoms with Crippen LogP contribution >= 0.6 is 0 Å². The Balaban J connectivity index is 2.03. The second-order valence-corrected chi connectivity index (χ2v) is 5.48. The Morgan fingerprint density at radius 1 is 1.20 bits per heavy atom. The van der Waals surface area contributed by atoms with E-state index < -0.39 is 0 Å². The Hall–Kier alpha value is -3.55. The van der Waals surface area contributed by atoms with E-state index in [1.54, 1.807) is 24.4 Å². The zero-order chi connectivity index (χ0) is 17.8. The molecule has 1 unspecified atom stereocenters. The molecule has 1 aromatic carbocycles. The van der Waals surface area contributed by atoms with Crippen molar-refractivity contribution in [2.45, 2.75) is 12.8 Å². The van der Waals surface area contributed by atoms with Gasteiger partial charge in [-0.15, -0.1) is 4.91 Å². The van der Waals surface area contributed by atoms with E-state index in [0.717, 1.165) is 5.56 Å². The standard InChI is InChI=1S/C17H17N7O/c1-11(12-5-3-2-4-6-12)14-10-16(23-25)24(22-14)15-9-13(7-8-20-15)17(18)21-19/h2-11H,19H2,1H3,(H2,18,21). The molecule has 25 heavy (non-hydrogen) atoms. The van der Waals surface area contributed by atoms with E-state index in [4.69, 9.17) is 11.6 Å². The third kappa shape index (κ3) is 3.23. The van der Waals surface area contributed by atoms with Gasteiger partial charge in [0.2, 0.25) is 5.82 Å². The van der Waals surface area contributed by atoms with Crippen LogP contribution in [-0.2, 0) is 0 Å². The fourth-order valence-electron chi connectivity index (χ4n) is 2.51. The Morgan fingerprint density at radius 3 is 2.64 bits per heavy atom. The number of nitrogens with zero attached hydrogens (tertiary/aromatic N) is 5. The van der Waals surface area contributed by atoms with Crippen molar-refractivity contribution >= 4 is 11.7 Å². The normalized spacial score (nSPS) is 12.8. The zero-order valence-corrected chi connectivity index (χ0v) is 13.6. The van der Waals surface area contributed by atoms with E-state index in [0.29, 0.717) is 17.1 Å². The SMILES string of the molecule is CC(c1ccccc1)c1cc(N=O)n(-c2cc(/C(N)=N/N)ccn2)n1. The lowest BCUT2D eigenvalue weighted by Gasteiger charge is -2.08. The fourth-order valence-corrected chi connectivity index (χ4v) is 2.51. The summed E-state index contributed by atoms with van der Waals surface area (Å²) in [6.07, 6.45) is 1.54. The van der Waals surface area contributed by atoms with Crippen molar-refractivity contribution in [1.29, 1.82) is 0 Å². The molecule has 126 valence electrons. The molecular formula is C17H17N7O. The van der Waals surface area contributed by atoms with E-state index in [1.807, 2.05) is 37.3 Å². The summed E-state index contributed by atoms with van der Waals surface area (Å²) in [6.45, 7) is 2.01. The van der Waals surface area contributed by atoms with E-state index in [1.165, 1.54) is 4.68 Å². The quantitative estimate of drug-likeness (QED) is 0.243. The van der Waals surface area contributed by atoms with Gasteiger partial charge in [-0.3, -0.25) is 0 Å². The molecule has 0 radical (unpaired) electrons. The second-order valence-electron chi connectivity index (χ2n) is 5.48. The van der Waals surface area contributed by atoms with E-state index >= 15 is 0 Å². The first-order valence-corrected chi connectivity index (χ1v) is 7.62. The van der Waals surface area contributed by atoms with Crippen LogP contribution in [0.5, 0.6) is 0 Å². The lowest BCUT2D eigenvalue weighted by atomic mass is 9.98. The summed E-state index contributed by atoms with van der Waals surface area (Å²) in [6, 6.07) is 14.9. The molecule has 3 aromatic rings. The number of benzene rings is 1. The van der Waals surface area contributed by atoms with E-state index in [2.05, 4.69) is 20.4 Å². The van der Waals surface area contributed by atoms with Gasteiger partial charge in [0, 0.05) is 23.7 Å². The largest absolute Gasteiger partial charge is 0.382 e. The van der Waals surface area contributed by atoms with Gasteiger partial charge < -0.3 is 11.6 Å². The third-order valence-electron chi connectivity index (χ3n) is 3.94. The van der Waals surface area contributed by atoms with Gasteiger partial charge in [0.15, 0.2) is 5.82 Å². The van der Waals surface area contributed by atoms with Crippen LogP contribution in [0.25, 0.3) is 5.82 Å². The molecular weight excluding hydrogens is 318 g/mol. The number of hydrogen-bond acceptors (Lipinski definition) is 6. The summed E-state index contributed by atoms with van der Waals surface area (Å²) >= 11 is 0. The first kappa shape index (κ1) is 16.3. The highest BCUT2D eigenvalue weighted by Gasteiger charge is 2.17. The second kappa shape index (κ2) is 6.91. The lowest BCUT2D eigenvalue weighted by molar-refractivity contribution is 0.780. The molecule has 0 fully saturated rings. The molecule has 1 atom stereocenters. The number of pyridine rings is 1. The number of nitroso groups, excluding NO2 is 1. The van der Waals surface area contributed by atoms with Crippen molar-refractivity contribution in [3.8, 4) is 5.82 Å². The van der Waals surface area contributed by atoms with Crippen LogP contribution in [0.3, 0.4) is 0 Å². The number of amidine groups is 1. The summed E-state index contributed by atoms with van der Waals surface area (Å²) in [5, 5.41) is 11.0. The zero-order valence-electron chi connectivity index (χ0n) is 13.6. The van der Waals surface area contributed by atoms with Crippen molar-refractivity contribution in [3.05, 3.63) is 76.5 Å². The minimum absolute atomic E-state index is 0.00167. The third-order valence-corrected chi connectivity index (χ3v) is 3.94. The lowest BCUT2D eigenvalue weighted by Crippen LogP contribution is -2.16. The maximum absolute atomic E-state index is 11.2. The van der Waals surface area contributed by atoms with Gasteiger partial charge in [-0.05, 0) is 22.9 Å². The average molecular weight is 335 g/mol. The molecule has 0 aliphatic rings. The number of hydrazone groups is 1. The molecule has 0 spiro atoms. The minimum Gasteiger partial charge on any atom is -0.382 e. The highest BCUT2D eigenvalue weighted by atomic mass is 16.3. The highest BCUT2D eigenvalue weighted by Crippen LogP contribution is 2.28. The van der Waals surface area contributed by atoms with Crippen molar-refractivity contribution in [1.82, 2.24) is 14.8 Å². The number of nitrogens with two attached hydrogens (primary N) is 2. The summed E-state index contributed by atoms with van der Waals surface area (Å²) in [4.78, 5) is 15.5. The van der Waals surface area contributed by atoms with Crippen LogP contribution in [0.2, 0.25) is 0 Å². The molecule has 8 nitrogen and oxygen atoms in total. The van der Waals surface area contributed by atoms with Crippen LogP contribution in [0.1, 0.15) is 29.7 Å². The maximum atomic E-state index is 11.2. The Bertz CT molecular complexity index is 918. The molecule has 8 heteroatoms. The first-order valence-electron chi connectivity index (χ1n) is 7.62. The smallest absolute Gasteiger partial charge is 0.201 e. The van der Waals surface area contributed by atoms with Crippen LogP contribution in [0, 0.1) is 4.91 Å². The van der Waals surface area contributed by atoms with E-state index in [9.17, 15) is 4.91 Å². The highest BCUT2D eigenvalue weighted by molar-refractivity contribution is 5.97. The molecule has 0 aliphatic carbocycles. The molecule has 4 N–H and O–H groups in total. The monoisotopic (exact) mass is 335 g/mol. The van der Waals surface area contributed by atoms with Gasteiger partial charge in [0.25, 0.3) is 0 Å². The maximum Gasteiger partial charge on any atom is 0.201 e. The van der Waals surface area contributed by atoms with Crippen LogP contribution in [0.4, 0.5) is 5.82 Å². The summed E-state index contributed by atoms with van der Waals surface area (Å²) in [7, 11) is 0. The Kier molecular flexibility index (Phi) is 4.51. The molecule has 0 saturated heterocycles. The minimum atomic E-state index is 0.00167. The molecule has 2 heterocycles. The van der Waals surface area contributed by atoms with E-state index in [-0.39, 0.29) is 17.6 Å². The summed E-state index contributed by atoms with van der Waals surface area (Å²) in [5.74, 6) is 5.94. The predicted octanol–water partition coefficient (Wildman–Crippen LogP) is 2.40. The fraction of sp³-hybridized carbons (Fsp3) is 0.118. The molecule has 0 aliphatic heterocycles. The molecule has 3 rings (SSSR count). The molecule has 0 saturated carbocycles. The summed E-state index contributed by atoms with van der Waals surface area (Å²) < 4.78 is 1.38. The molecule has 2 aromatic heterocycles. The topological polar surface area (TPSA) is 125 Å². The van der Waals surface area contributed by atoms with Gasteiger partial charge >= 0.3 is 0 Å². The number of rotatable bonds is 5. The number of aromatic nitrogens is 3. The van der Waals surface area contributed by atoms with Gasteiger partial charge in [-0.1, -0.05) is 37.3 Å². The van der Waals surface area contributed by atoms with Gasteiger partial charge in [-0.2, -0.15) is 14.9 Å². The van der Waals surface area contributed by atoms with Gasteiger partial charge in [0.05, 0.1) is 5.69 Å². The Labute approximate surface area is 144 Å². The van der Waals surface area contributed by atoms with Crippen molar-refractivity contribution in [3.63, 3.8) is 0 Å². The van der Waals surface area contributed by atoms with Gasteiger partial charge in [0.1, 0.15) is 5.84 Å². The Morgan fingerprint density at radius 2 is 1.96 bits per heavy atom. The van der Waals surface area contributed by atoms with Crippen molar-refractivity contribution in [2.75, 3.05) is 0 Å². The van der Waals surface area contributed by atoms with Crippen molar-refractivity contribution in [2.24, 2.45) is 21.9 Å². The van der Waals surface area contributed by atoms with Crippen LogP contribution < -0.4 is 11.6 Å². The average Bonchev–Trinajstić information content (AvgIpc) is 3.12. The van der Waals surface area contributed by atoms with Crippen LogP contribution in [0.15, 0.2) is 65.0 Å². The predicted molar refractivity (Wildman–Crippen MR) is 95.7 cm³/mol. The summed E-state index contributed by atoms with van der Waals surface area (Å²) in [5.41, 5.74) is 8.11. The van der Waals surface area contributed by atoms with Crippen LogP contribution in [-0.4, -0.2) is 20.6 Å². The first-order chi connectivity index (χ1) is 12.1. The number of hydrogen-bond donors (Lipinski definition) is 2. The molecule has 0 amide bonds. The van der Waals surface area contributed by atoms with Gasteiger partial charge in [-0.25, -0.2) is 4.98 Å².